The van der Waals surface area contributed by atoms with E-state index in [1.165, 1.54) is 17.5 Å². The molecule has 2 rings (SSSR count). The molecular weight excluding hydrogens is 154 g/mol. The van der Waals surface area contributed by atoms with Crippen LogP contribution in [0, 0.1) is 0 Å². The molecular formula is C7H13N3Si. The molecule has 0 aromatic carbocycles. The summed E-state index contributed by atoms with van der Waals surface area (Å²) < 4.78 is 1.96. The number of aromatic nitrogens is 3. The fraction of sp³-hybridized carbons (Fsp3) is 0.714. The third-order valence-corrected chi connectivity index (χ3v) is 4.15. The molecule has 2 heterocycles. The molecule has 1 aromatic rings. The highest BCUT2D eigenvalue weighted by atomic mass is 28.3. The third kappa shape index (κ3) is 1.35. The first-order chi connectivity index (χ1) is 5.27. The van der Waals surface area contributed by atoms with Gasteiger partial charge in [0.1, 0.15) is 20.6 Å². The zero-order chi connectivity index (χ0) is 7.84. The van der Waals surface area contributed by atoms with Gasteiger partial charge >= 0.3 is 0 Å². The van der Waals surface area contributed by atoms with Crippen LogP contribution in [0.25, 0.3) is 0 Å². The van der Waals surface area contributed by atoms with Crippen molar-refractivity contribution in [3.63, 3.8) is 0 Å². The van der Waals surface area contributed by atoms with Gasteiger partial charge in [0.25, 0.3) is 0 Å². The molecule has 0 aliphatic carbocycles. The maximum atomic E-state index is 4.44. The molecule has 1 aromatic heterocycles. The van der Waals surface area contributed by atoms with Crippen molar-refractivity contribution >= 4 is 14.2 Å². The van der Waals surface area contributed by atoms with Crippen molar-refractivity contribution in [3.05, 3.63) is 6.33 Å². The molecule has 0 saturated carbocycles. The van der Waals surface area contributed by atoms with E-state index in [2.05, 4.69) is 23.9 Å². The zero-order valence-electron chi connectivity index (χ0n) is 6.99. The van der Waals surface area contributed by atoms with Gasteiger partial charge < -0.3 is 0 Å². The Hall–Kier alpha value is -0.643. The zero-order valence-corrected chi connectivity index (χ0v) is 8.14. The Kier molecular flexibility index (Phi) is 1.56. The second kappa shape index (κ2) is 2.44. The molecule has 60 valence electrons. The Balaban J connectivity index is 2.18. The summed E-state index contributed by atoms with van der Waals surface area (Å²) >= 11 is 0. The van der Waals surface area contributed by atoms with Crippen LogP contribution in [0.1, 0.15) is 19.9 Å². The number of hydrogen-bond donors (Lipinski definition) is 0. The summed E-state index contributed by atoms with van der Waals surface area (Å²) in [6.45, 7) is 4.26. The van der Waals surface area contributed by atoms with Gasteiger partial charge in [0.05, 0.1) is 0 Å². The first kappa shape index (κ1) is 7.03. The van der Waals surface area contributed by atoms with E-state index in [-0.39, 0.29) is 0 Å². The fourth-order valence-electron chi connectivity index (χ4n) is 1.07. The second-order valence-corrected chi connectivity index (χ2v) is 6.52. The molecule has 0 N–H and O–H groups in total. The summed E-state index contributed by atoms with van der Waals surface area (Å²) in [4.78, 5) is 4.31. The second-order valence-electron chi connectivity index (χ2n) is 3.45. The minimum atomic E-state index is -0.542. The van der Waals surface area contributed by atoms with E-state index in [4.69, 9.17) is 0 Å². The van der Waals surface area contributed by atoms with Crippen LogP contribution in [0.5, 0.6) is 0 Å². The Morgan fingerprint density at radius 3 is 2.73 bits per heavy atom. The van der Waals surface area contributed by atoms with Crippen molar-refractivity contribution < 1.29 is 0 Å². The SMILES string of the molecule is CC(C)n1cnc([SiH]2CC2)n1. The van der Waals surface area contributed by atoms with E-state index in [0.29, 0.717) is 6.04 Å². The van der Waals surface area contributed by atoms with Crippen molar-refractivity contribution in [2.75, 3.05) is 0 Å². The van der Waals surface area contributed by atoms with Crippen LogP contribution in [0.15, 0.2) is 6.33 Å². The highest BCUT2D eigenvalue weighted by Crippen LogP contribution is 2.19. The van der Waals surface area contributed by atoms with Gasteiger partial charge in [0.2, 0.25) is 0 Å². The minimum Gasteiger partial charge on any atom is -0.251 e. The Labute approximate surface area is 68.1 Å². The van der Waals surface area contributed by atoms with Gasteiger partial charge in [-0.2, -0.15) is 5.10 Å². The van der Waals surface area contributed by atoms with Crippen molar-refractivity contribution in [3.8, 4) is 0 Å². The lowest BCUT2D eigenvalue weighted by Crippen LogP contribution is -2.21. The molecule has 0 spiro atoms. The van der Waals surface area contributed by atoms with Gasteiger partial charge in [0, 0.05) is 6.04 Å². The summed E-state index contributed by atoms with van der Waals surface area (Å²) in [5, 5.41) is 4.44. The monoisotopic (exact) mass is 167 g/mol. The summed E-state index contributed by atoms with van der Waals surface area (Å²) in [5.74, 6) is 0. The molecule has 1 aliphatic heterocycles. The molecule has 0 radical (unpaired) electrons. The molecule has 1 fully saturated rings. The van der Waals surface area contributed by atoms with Gasteiger partial charge in [-0.1, -0.05) is 12.1 Å². The Morgan fingerprint density at radius 1 is 1.55 bits per heavy atom. The van der Waals surface area contributed by atoms with Crippen molar-refractivity contribution in [2.45, 2.75) is 32.0 Å². The van der Waals surface area contributed by atoms with Gasteiger partial charge in [-0.3, -0.25) is 4.68 Å². The van der Waals surface area contributed by atoms with Crippen LogP contribution in [-0.2, 0) is 0 Å². The van der Waals surface area contributed by atoms with Gasteiger partial charge in [-0.25, -0.2) is 4.98 Å². The lowest BCUT2D eigenvalue weighted by atomic mass is 10.4. The molecule has 11 heavy (non-hydrogen) atoms. The minimum absolute atomic E-state index is 0.462. The molecule has 0 amide bonds. The van der Waals surface area contributed by atoms with Crippen LogP contribution in [0.2, 0.25) is 12.1 Å². The summed E-state index contributed by atoms with van der Waals surface area (Å²) in [6, 6.07) is 3.30. The predicted octanol–water partition coefficient (Wildman–Crippen LogP) is 0.307. The van der Waals surface area contributed by atoms with E-state index >= 15 is 0 Å². The summed E-state index contributed by atoms with van der Waals surface area (Å²) in [6.07, 6.45) is 1.87. The first-order valence-electron chi connectivity index (χ1n) is 4.18. The molecule has 1 saturated heterocycles. The maximum absolute atomic E-state index is 4.44. The summed E-state index contributed by atoms with van der Waals surface area (Å²) in [7, 11) is -0.542. The van der Waals surface area contributed by atoms with Crippen LogP contribution in [-0.4, -0.2) is 23.6 Å². The van der Waals surface area contributed by atoms with Crippen LogP contribution in [0.4, 0.5) is 0 Å². The lowest BCUT2D eigenvalue weighted by molar-refractivity contribution is 0.533. The van der Waals surface area contributed by atoms with E-state index in [0.717, 1.165) is 0 Å². The quantitative estimate of drug-likeness (QED) is 0.593. The van der Waals surface area contributed by atoms with Gasteiger partial charge in [-0.05, 0) is 13.8 Å². The van der Waals surface area contributed by atoms with E-state index < -0.39 is 8.80 Å². The third-order valence-electron chi connectivity index (χ3n) is 2.00. The molecule has 0 unspecified atom stereocenters. The lowest BCUT2D eigenvalue weighted by Gasteiger charge is -2.01. The summed E-state index contributed by atoms with van der Waals surface area (Å²) in [5.41, 5.74) is 1.18. The van der Waals surface area contributed by atoms with Crippen LogP contribution >= 0.6 is 0 Å². The highest BCUT2D eigenvalue weighted by molar-refractivity contribution is 6.80. The van der Waals surface area contributed by atoms with E-state index in [1.807, 2.05) is 11.0 Å². The molecule has 0 bridgehead atoms. The number of rotatable bonds is 2. The fourth-order valence-corrected chi connectivity index (χ4v) is 2.82. The smallest absolute Gasteiger partial charge is 0.125 e. The van der Waals surface area contributed by atoms with Gasteiger partial charge in [0.15, 0.2) is 0 Å². The topological polar surface area (TPSA) is 30.7 Å². The number of nitrogens with zero attached hydrogens (tertiary/aromatic N) is 3. The number of hydrogen-bond acceptors (Lipinski definition) is 2. The van der Waals surface area contributed by atoms with E-state index in [9.17, 15) is 0 Å². The normalized spacial score (nSPS) is 17.7. The standard InChI is InChI=1S/C7H13N3Si/c1-6(2)10-5-8-7(9-10)11-3-4-11/h5-6,11H,3-4H2,1-2H3. The molecule has 1 aliphatic rings. The highest BCUT2D eigenvalue weighted by Gasteiger charge is 2.29. The van der Waals surface area contributed by atoms with Crippen LogP contribution < -0.4 is 5.45 Å². The molecule has 4 heteroatoms. The average molecular weight is 167 g/mol. The van der Waals surface area contributed by atoms with E-state index in [1.54, 1.807) is 0 Å². The largest absolute Gasteiger partial charge is 0.251 e. The molecule has 0 atom stereocenters. The van der Waals surface area contributed by atoms with Crippen LogP contribution in [0.3, 0.4) is 0 Å². The maximum Gasteiger partial charge on any atom is 0.125 e. The predicted molar refractivity (Wildman–Crippen MR) is 46.8 cm³/mol. The molecule has 3 nitrogen and oxygen atoms in total. The van der Waals surface area contributed by atoms with Crippen molar-refractivity contribution in [2.24, 2.45) is 0 Å². The average Bonchev–Trinajstić information content (AvgIpc) is 2.68. The Bertz CT molecular complexity index is 235. The van der Waals surface area contributed by atoms with Crippen molar-refractivity contribution in [1.82, 2.24) is 14.8 Å². The first-order valence-corrected chi connectivity index (χ1v) is 6.39. The van der Waals surface area contributed by atoms with Crippen molar-refractivity contribution in [1.29, 1.82) is 0 Å². The van der Waals surface area contributed by atoms with Gasteiger partial charge in [-0.15, -0.1) is 0 Å². The Morgan fingerprint density at radius 2 is 2.27 bits per heavy atom.